The van der Waals surface area contributed by atoms with Crippen LogP contribution in [0.1, 0.15) is 38.7 Å². The average Bonchev–Trinajstić information content (AvgIpc) is 3.18. The molecular weight excluding hydrogens is 393 g/mol. The summed E-state index contributed by atoms with van der Waals surface area (Å²) >= 11 is 12.1. The number of benzene rings is 1. The smallest absolute Gasteiger partial charge is 0.128 e. The Bertz CT molecular complexity index is 891. The van der Waals surface area contributed by atoms with Crippen molar-refractivity contribution in [1.82, 2.24) is 20.3 Å². The second kappa shape index (κ2) is 9.59. The van der Waals surface area contributed by atoms with Gasteiger partial charge >= 0.3 is 0 Å². The number of aromatic nitrogens is 3. The van der Waals surface area contributed by atoms with Crippen molar-refractivity contribution in [3.63, 3.8) is 0 Å². The number of halogens is 2. The van der Waals surface area contributed by atoms with Gasteiger partial charge in [0.25, 0.3) is 0 Å². The van der Waals surface area contributed by atoms with E-state index in [1.54, 1.807) is 12.5 Å². The SMILES string of the molecule is C1CCNCC1.CC(C)(CNc1cc2nc[nH]c2cn1)c1ccc(Cl)c(Cl)c1. The number of nitrogens with zero attached hydrogens (tertiary/aromatic N) is 2. The molecule has 2 aromatic heterocycles. The molecule has 1 aliphatic heterocycles. The molecule has 3 N–H and O–H groups in total. The highest BCUT2D eigenvalue weighted by molar-refractivity contribution is 6.42. The monoisotopic (exact) mass is 419 g/mol. The first kappa shape index (κ1) is 20.9. The van der Waals surface area contributed by atoms with Gasteiger partial charge in [-0.1, -0.05) is 49.5 Å². The minimum absolute atomic E-state index is 0.115. The van der Waals surface area contributed by atoms with Crippen molar-refractivity contribution in [1.29, 1.82) is 0 Å². The first-order chi connectivity index (χ1) is 13.5. The lowest BCUT2D eigenvalue weighted by molar-refractivity contribution is 0.520. The summed E-state index contributed by atoms with van der Waals surface area (Å²) < 4.78 is 0. The molecule has 4 rings (SSSR count). The zero-order valence-corrected chi connectivity index (χ0v) is 17.9. The molecule has 0 spiro atoms. The molecule has 3 heterocycles. The maximum Gasteiger partial charge on any atom is 0.128 e. The minimum atomic E-state index is -0.115. The number of hydrogen-bond donors (Lipinski definition) is 3. The Morgan fingerprint density at radius 1 is 1.04 bits per heavy atom. The summed E-state index contributed by atoms with van der Waals surface area (Å²) in [6, 6.07) is 7.67. The quantitative estimate of drug-likeness (QED) is 0.528. The highest BCUT2D eigenvalue weighted by atomic mass is 35.5. The predicted octanol–water partition coefficient (Wildman–Crippen LogP) is 5.41. The third-order valence-electron chi connectivity index (χ3n) is 4.93. The summed E-state index contributed by atoms with van der Waals surface area (Å²) in [4.78, 5) is 11.6. The van der Waals surface area contributed by atoms with Gasteiger partial charge in [0.15, 0.2) is 0 Å². The molecule has 28 heavy (non-hydrogen) atoms. The van der Waals surface area contributed by atoms with Gasteiger partial charge in [-0.05, 0) is 43.6 Å². The Hall–Kier alpha value is -1.82. The maximum atomic E-state index is 6.11. The van der Waals surface area contributed by atoms with Crippen LogP contribution in [0.15, 0.2) is 36.8 Å². The molecule has 3 aromatic rings. The normalized spacial score (nSPS) is 14.4. The number of piperidine rings is 1. The lowest BCUT2D eigenvalue weighted by atomic mass is 9.84. The first-order valence-electron chi connectivity index (χ1n) is 9.65. The molecule has 1 saturated heterocycles. The average molecular weight is 420 g/mol. The zero-order valence-electron chi connectivity index (χ0n) is 16.4. The number of H-pyrrole nitrogens is 1. The lowest BCUT2D eigenvalue weighted by Gasteiger charge is -2.26. The summed E-state index contributed by atoms with van der Waals surface area (Å²) in [5.74, 6) is 0.799. The topological polar surface area (TPSA) is 65.6 Å². The highest BCUT2D eigenvalue weighted by Gasteiger charge is 2.21. The van der Waals surface area contributed by atoms with Gasteiger partial charge in [-0.2, -0.15) is 0 Å². The number of anilines is 1. The van der Waals surface area contributed by atoms with Crippen LogP contribution in [0.3, 0.4) is 0 Å². The van der Waals surface area contributed by atoms with E-state index in [1.807, 2.05) is 24.3 Å². The van der Waals surface area contributed by atoms with Crippen LogP contribution in [-0.4, -0.2) is 34.6 Å². The summed E-state index contributed by atoms with van der Waals surface area (Å²) in [5.41, 5.74) is 2.82. The van der Waals surface area contributed by atoms with Gasteiger partial charge in [-0.15, -0.1) is 0 Å². The molecule has 0 unspecified atom stereocenters. The molecule has 0 bridgehead atoms. The second-order valence-corrected chi connectivity index (χ2v) is 8.48. The molecule has 0 atom stereocenters. The molecule has 1 aliphatic rings. The Morgan fingerprint density at radius 2 is 1.82 bits per heavy atom. The zero-order chi connectivity index (χ0) is 20.0. The fraction of sp³-hybridized carbons (Fsp3) is 0.429. The van der Waals surface area contributed by atoms with Crippen LogP contribution in [0.25, 0.3) is 11.0 Å². The van der Waals surface area contributed by atoms with Crippen LogP contribution in [0, 0.1) is 0 Å². The molecule has 5 nitrogen and oxygen atoms in total. The van der Waals surface area contributed by atoms with Gasteiger partial charge in [-0.25, -0.2) is 9.97 Å². The number of pyridine rings is 1. The number of rotatable bonds is 4. The van der Waals surface area contributed by atoms with Crippen LogP contribution in [-0.2, 0) is 5.41 Å². The Kier molecular flexibility index (Phi) is 7.16. The molecule has 0 radical (unpaired) electrons. The van der Waals surface area contributed by atoms with Crippen molar-refractivity contribution in [2.45, 2.75) is 38.5 Å². The van der Waals surface area contributed by atoms with Crippen LogP contribution in [0.5, 0.6) is 0 Å². The first-order valence-corrected chi connectivity index (χ1v) is 10.4. The largest absolute Gasteiger partial charge is 0.369 e. The molecule has 7 heteroatoms. The van der Waals surface area contributed by atoms with E-state index >= 15 is 0 Å². The fourth-order valence-corrected chi connectivity index (χ4v) is 3.36. The molecule has 0 saturated carbocycles. The van der Waals surface area contributed by atoms with Gasteiger partial charge < -0.3 is 15.6 Å². The van der Waals surface area contributed by atoms with E-state index in [0.29, 0.717) is 16.6 Å². The Labute approximate surface area is 176 Å². The number of imidazole rings is 1. The lowest BCUT2D eigenvalue weighted by Crippen LogP contribution is -2.27. The van der Waals surface area contributed by atoms with E-state index in [9.17, 15) is 0 Å². The van der Waals surface area contributed by atoms with E-state index in [-0.39, 0.29) is 5.41 Å². The van der Waals surface area contributed by atoms with Crippen molar-refractivity contribution in [2.24, 2.45) is 0 Å². The molecule has 0 aliphatic carbocycles. The van der Waals surface area contributed by atoms with Crippen LogP contribution in [0.2, 0.25) is 10.0 Å². The van der Waals surface area contributed by atoms with Crippen LogP contribution in [0.4, 0.5) is 5.82 Å². The van der Waals surface area contributed by atoms with Crippen LogP contribution < -0.4 is 10.6 Å². The van der Waals surface area contributed by atoms with E-state index in [1.165, 1.54) is 32.4 Å². The molecule has 1 aromatic carbocycles. The van der Waals surface area contributed by atoms with Crippen molar-refractivity contribution >= 4 is 40.1 Å². The molecule has 1 fully saturated rings. The van der Waals surface area contributed by atoms with Gasteiger partial charge in [0.05, 0.1) is 33.6 Å². The number of nitrogens with one attached hydrogen (secondary N) is 3. The number of hydrogen-bond acceptors (Lipinski definition) is 4. The fourth-order valence-electron chi connectivity index (χ4n) is 3.06. The van der Waals surface area contributed by atoms with E-state index in [2.05, 4.69) is 39.4 Å². The molecular formula is C21H27Cl2N5. The summed E-state index contributed by atoms with van der Waals surface area (Å²) in [6.45, 7) is 7.51. The van der Waals surface area contributed by atoms with E-state index in [4.69, 9.17) is 23.2 Å². The van der Waals surface area contributed by atoms with Gasteiger partial charge in [0.2, 0.25) is 0 Å². The van der Waals surface area contributed by atoms with E-state index < -0.39 is 0 Å². The third kappa shape index (κ3) is 5.60. The maximum absolute atomic E-state index is 6.11. The Morgan fingerprint density at radius 3 is 2.46 bits per heavy atom. The third-order valence-corrected chi connectivity index (χ3v) is 5.66. The van der Waals surface area contributed by atoms with Crippen molar-refractivity contribution in [3.05, 3.63) is 52.4 Å². The second-order valence-electron chi connectivity index (χ2n) is 7.67. The molecule has 150 valence electrons. The van der Waals surface area contributed by atoms with Gasteiger partial charge in [0.1, 0.15) is 5.82 Å². The predicted molar refractivity (Wildman–Crippen MR) is 119 cm³/mol. The molecule has 0 amide bonds. The highest BCUT2D eigenvalue weighted by Crippen LogP contribution is 2.30. The minimum Gasteiger partial charge on any atom is -0.369 e. The van der Waals surface area contributed by atoms with E-state index in [0.717, 1.165) is 22.4 Å². The van der Waals surface area contributed by atoms with Crippen molar-refractivity contribution in [3.8, 4) is 0 Å². The van der Waals surface area contributed by atoms with Gasteiger partial charge in [-0.3, -0.25) is 0 Å². The number of fused-ring (bicyclic) bond motifs is 1. The van der Waals surface area contributed by atoms with Crippen molar-refractivity contribution in [2.75, 3.05) is 25.0 Å². The standard InChI is InChI=1S/C16H16Cl2N4.C5H11N/c1-16(2,10-3-4-11(17)12(18)5-10)8-20-15-6-13-14(7-19-15)22-9-21-13;1-2-4-6-5-3-1/h3-7,9H,8H2,1-2H3,(H,19,20)(H,21,22);6H,1-5H2. The van der Waals surface area contributed by atoms with Crippen molar-refractivity contribution < 1.29 is 0 Å². The Balaban J connectivity index is 0.000000320. The van der Waals surface area contributed by atoms with Crippen LogP contribution >= 0.6 is 23.2 Å². The van der Waals surface area contributed by atoms with Gasteiger partial charge in [0, 0.05) is 18.0 Å². The summed E-state index contributed by atoms with van der Waals surface area (Å²) in [5, 5.41) is 7.78. The summed E-state index contributed by atoms with van der Waals surface area (Å²) in [6.07, 6.45) is 7.65. The number of aromatic amines is 1. The summed E-state index contributed by atoms with van der Waals surface area (Å²) in [7, 11) is 0.